The molecular formula is C32H29F5N2O9. The second-order valence-electron chi connectivity index (χ2n) is 10.3. The number of hydrogen-bond acceptors (Lipinski definition) is 9. The third kappa shape index (κ3) is 12.4. The van der Waals surface area contributed by atoms with Gasteiger partial charge in [0, 0.05) is 24.6 Å². The molecule has 0 saturated carbocycles. The van der Waals surface area contributed by atoms with Crippen LogP contribution in [0.1, 0.15) is 59.2 Å². The molecule has 0 aliphatic heterocycles. The van der Waals surface area contributed by atoms with Gasteiger partial charge in [-0.25, -0.2) is 9.59 Å². The van der Waals surface area contributed by atoms with E-state index in [2.05, 4.69) is 0 Å². The lowest BCUT2D eigenvalue weighted by Gasteiger charge is -2.18. The third-order valence-electron chi connectivity index (χ3n) is 6.60. The molecule has 11 nitrogen and oxygen atoms in total. The number of carbonyl (C=O) groups is 2. The van der Waals surface area contributed by atoms with E-state index >= 15 is 0 Å². The number of ether oxygens (including phenoxy) is 3. The molecular weight excluding hydrogens is 651 g/mol. The second kappa shape index (κ2) is 16.9. The van der Waals surface area contributed by atoms with Gasteiger partial charge in [0.1, 0.15) is 5.75 Å². The van der Waals surface area contributed by atoms with Crippen LogP contribution in [0.15, 0.2) is 72.8 Å². The summed E-state index contributed by atoms with van der Waals surface area (Å²) in [7, 11) is 0. The van der Waals surface area contributed by atoms with E-state index in [1.807, 2.05) is 0 Å². The highest BCUT2D eigenvalue weighted by Gasteiger charge is 2.34. The minimum absolute atomic E-state index is 0.0316. The summed E-state index contributed by atoms with van der Waals surface area (Å²) in [4.78, 5) is 44.3. The van der Waals surface area contributed by atoms with Crippen molar-refractivity contribution >= 4 is 29.4 Å². The lowest BCUT2D eigenvalue weighted by Crippen LogP contribution is -2.21. The van der Waals surface area contributed by atoms with Crippen molar-refractivity contribution in [1.29, 1.82) is 0 Å². The first kappa shape index (κ1) is 37.1. The van der Waals surface area contributed by atoms with Crippen molar-refractivity contribution in [3.63, 3.8) is 0 Å². The average Bonchev–Trinajstić information content (AvgIpc) is 3.04. The van der Waals surface area contributed by atoms with Gasteiger partial charge in [-0.1, -0.05) is 24.3 Å². The number of alkyl halides is 5. The van der Waals surface area contributed by atoms with Crippen LogP contribution in [-0.2, 0) is 26.8 Å². The normalized spacial score (nSPS) is 11.7. The maximum absolute atomic E-state index is 14.6. The van der Waals surface area contributed by atoms with Gasteiger partial charge < -0.3 is 14.2 Å². The number of aryl methyl sites for hydroxylation is 1. The zero-order valence-corrected chi connectivity index (χ0v) is 25.1. The lowest BCUT2D eigenvalue weighted by atomic mass is 10.1. The molecule has 256 valence electrons. The number of carbonyl (C=O) groups excluding carboxylic acids is 2. The van der Waals surface area contributed by atoms with Gasteiger partial charge in [0.2, 0.25) is 0 Å². The first-order valence-electron chi connectivity index (χ1n) is 14.4. The molecule has 16 heteroatoms. The summed E-state index contributed by atoms with van der Waals surface area (Å²) in [5.41, 5.74) is -1.26. The van der Waals surface area contributed by atoms with Gasteiger partial charge in [-0.2, -0.15) is 22.0 Å². The van der Waals surface area contributed by atoms with Gasteiger partial charge >= 0.3 is 24.2 Å². The molecule has 0 aromatic heterocycles. The molecule has 3 aromatic rings. The van der Waals surface area contributed by atoms with Crippen molar-refractivity contribution in [2.75, 3.05) is 13.2 Å². The van der Waals surface area contributed by atoms with Crippen molar-refractivity contribution in [2.45, 2.75) is 50.8 Å². The van der Waals surface area contributed by atoms with E-state index in [0.29, 0.717) is 36.8 Å². The minimum atomic E-state index is -4.32. The van der Waals surface area contributed by atoms with Gasteiger partial charge in [-0.15, -0.1) is 0 Å². The molecule has 0 radical (unpaired) electrons. The van der Waals surface area contributed by atoms with E-state index in [-0.39, 0.29) is 30.9 Å². The molecule has 0 N–H and O–H groups in total. The van der Waals surface area contributed by atoms with Crippen molar-refractivity contribution in [2.24, 2.45) is 0 Å². The SMILES string of the molecule is O=C(C=Cc1ccc(C(F)(F)Oc2ccc(CCC(F)(F)F)cc2)cc1)OCCCCCCOC(=O)c1cc([N+](=O)[O-])cc([N+](=O)[O-])c1. The largest absolute Gasteiger partial charge is 0.463 e. The zero-order valence-electron chi connectivity index (χ0n) is 25.1. The number of rotatable bonds is 17. The third-order valence-corrected chi connectivity index (χ3v) is 6.60. The maximum Gasteiger partial charge on any atom is 0.426 e. The van der Waals surface area contributed by atoms with Crippen LogP contribution in [0.2, 0.25) is 0 Å². The highest BCUT2D eigenvalue weighted by Crippen LogP contribution is 2.32. The number of halogens is 5. The molecule has 0 amide bonds. The van der Waals surface area contributed by atoms with E-state index < -0.39 is 57.4 Å². The number of benzene rings is 3. The number of nitro benzene ring substituents is 2. The van der Waals surface area contributed by atoms with Crippen LogP contribution in [0.5, 0.6) is 5.75 Å². The van der Waals surface area contributed by atoms with Gasteiger partial charge in [0.15, 0.2) is 0 Å². The fourth-order valence-corrected chi connectivity index (χ4v) is 4.12. The standard InChI is InChI=1S/C32H29F5N2O9/c33-31(34,35)16-15-23-7-12-28(13-8-23)48-32(36,37)25-10-5-22(6-11-25)9-14-29(40)46-17-3-1-2-4-18-47-30(41)24-19-26(38(42)43)21-27(20-24)39(44)45/h5-14,19-21H,1-4,15-18H2. The quantitative estimate of drug-likeness (QED) is 0.0344. The van der Waals surface area contributed by atoms with Gasteiger partial charge in [0.25, 0.3) is 11.4 Å². The maximum atomic E-state index is 14.6. The molecule has 3 aromatic carbocycles. The monoisotopic (exact) mass is 680 g/mol. The molecule has 0 saturated heterocycles. The van der Waals surface area contributed by atoms with Crippen LogP contribution in [-0.4, -0.2) is 41.2 Å². The summed E-state index contributed by atoms with van der Waals surface area (Å²) in [5.74, 6) is -1.82. The van der Waals surface area contributed by atoms with E-state index in [9.17, 15) is 51.8 Å². The van der Waals surface area contributed by atoms with Crippen molar-refractivity contribution in [3.8, 4) is 5.75 Å². The van der Waals surface area contributed by atoms with E-state index in [1.54, 1.807) is 0 Å². The topological polar surface area (TPSA) is 148 Å². The van der Waals surface area contributed by atoms with E-state index in [1.165, 1.54) is 42.5 Å². The van der Waals surface area contributed by atoms with Gasteiger partial charge in [-0.3, -0.25) is 20.2 Å². The molecule has 0 atom stereocenters. The highest BCUT2D eigenvalue weighted by atomic mass is 19.4. The average molecular weight is 681 g/mol. The fraction of sp³-hybridized carbons (Fsp3) is 0.312. The second-order valence-corrected chi connectivity index (χ2v) is 10.3. The van der Waals surface area contributed by atoms with Crippen LogP contribution >= 0.6 is 0 Å². The molecule has 0 aliphatic rings. The molecule has 0 aliphatic carbocycles. The molecule has 0 heterocycles. The van der Waals surface area contributed by atoms with Crippen LogP contribution in [0, 0.1) is 20.2 Å². The Kier molecular flexibility index (Phi) is 13.1. The predicted molar refractivity (Wildman–Crippen MR) is 160 cm³/mol. The van der Waals surface area contributed by atoms with Gasteiger partial charge in [-0.05, 0) is 73.6 Å². The Morgan fingerprint density at radius 1 is 0.750 bits per heavy atom. The summed E-state index contributed by atoms with van der Waals surface area (Å²) in [5, 5.41) is 21.9. The Labute approximate surface area is 270 Å². The van der Waals surface area contributed by atoms with Crippen LogP contribution < -0.4 is 4.74 Å². The summed E-state index contributed by atoms with van der Waals surface area (Å²) in [6.45, 7) is 0.0578. The van der Waals surface area contributed by atoms with Crippen LogP contribution in [0.3, 0.4) is 0 Å². The van der Waals surface area contributed by atoms with E-state index in [4.69, 9.17) is 14.2 Å². The first-order valence-corrected chi connectivity index (χ1v) is 14.4. The number of esters is 2. The number of nitrogens with zero attached hydrogens (tertiary/aromatic N) is 2. The molecule has 0 spiro atoms. The van der Waals surface area contributed by atoms with Gasteiger partial charge in [0.05, 0.1) is 40.3 Å². The fourth-order valence-electron chi connectivity index (χ4n) is 4.12. The Morgan fingerprint density at radius 3 is 1.85 bits per heavy atom. The van der Waals surface area contributed by atoms with Crippen LogP contribution in [0.4, 0.5) is 33.3 Å². The van der Waals surface area contributed by atoms with Crippen molar-refractivity contribution in [1.82, 2.24) is 0 Å². The van der Waals surface area contributed by atoms with E-state index in [0.717, 1.165) is 36.4 Å². The summed E-state index contributed by atoms with van der Waals surface area (Å²) < 4.78 is 81.2. The number of unbranched alkanes of at least 4 members (excludes halogenated alkanes) is 3. The smallest absolute Gasteiger partial charge is 0.426 e. The Balaban J connectivity index is 1.34. The molecule has 3 rings (SSSR count). The molecule has 0 fully saturated rings. The zero-order chi connectivity index (χ0) is 35.3. The number of hydrogen-bond donors (Lipinski definition) is 0. The summed E-state index contributed by atoms with van der Waals surface area (Å²) in [6.07, 6.45) is -4.76. The molecule has 0 unspecified atom stereocenters. The minimum Gasteiger partial charge on any atom is -0.463 e. The van der Waals surface area contributed by atoms with Crippen molar-refractivity contribution in [3.05, 3.63) is 115 Å². The number of non-ortho nitro benzene ring substituents is 2. The molecule has 48 heavy (non-hydrogen) atoms. The Hall–Kier alpha value is -5.41. The summed E-state index contributed by atoms with van der Waals surface area (Å²) >= 11 is 0. The molecule has 0 bridgehead atoms. The Bertz CT molecular complexity index is 1580. The Morgan fingerprint density at radius 2 is 1.31 bits per heavy atom. The predicted octanol–water partition coefficient (Wildman–Crippen LogP) is 8.10. The first-order chi connectivity index (χ1) is 22.6. The number of nitro groups is 2. The van der Waals surface area contributed by atoms with Crippen molar-refractivity contribution < 1.29 is 55.6 Å². The summed E-state index contributed by atoms with van der Waals surface area (Å²) in [6, 6.07) is 12.3. The van der Waals surface area contributed by atoms with Crippen LogP contribution in [0.25, 0.3) is 6.08 Å². The highest BCUT2D eigenvalue weighted by molar-refractivity contribution is 5.91. The lowest BCUT2D eigenvalue weighted by molar-refractivity contribution is -0.394.